The Morgan fingerprint density at radius 3 is 0.899 bits per heavy atom. The molecule has 3 atom stereocenters. The molecule has 8 nitrogen and oxygen atoms in total. The minimum absolute atomic E-state index is 0.0592. The van der Waals surface area contributed by atoms with E-state index in [2.05, 4.69) is 31.3 Å². The molecule has 530 valence electrons. The maximum Gasteiger partial charge on any atom is 0.472 e. The Morgan fingerprint density at radius 1 is 0.371 bits per heavy atom. The summed E-state index contributed by atoms with van der Waals surface area (Å²) in [6.45, 7) is 4.87. The molecule has 0 aromatic heterocycles. The van der Waals surface area contributed by atoms with Crippen molar-refractivity contribution in [2.24, 2.45) is 0 Å². The normalized spacial score (nSPS) is 13.6. The van der Waals surface area contributed by atoms with Gasteiger partial charge in [-0.2, -0.15) is 0 Å². The summed E-state index contributed by atoms with van der Waals surface area (Å²) in [6.07, 6.45) is 95.4. The summed E-state index contributed by atoms with van der Waals surface area (Å²) in [7, 11) is 1.58. The zero-order chi connectivity index (χ0) is 64.8. The Labute approximate surface area is 557 Å². The first-order chi connectivity index (χ1) is 43.5. The average molecular weight is 1280 g/mol. The predicted molar refractivity (Wildman–Crippen MR) is 392 cm³/mol. The number of likely N-dealkylation sites (N-methyl/N-ethyl adjacent to an activating group) is 1. The highest BCUT2D eigenvalue weighted by Gasteiger charge is 2.28. The van der Waals surface area contributed by atoms with Crippen LogP contribution in [0.15, 0.2) is 24.3 Å². The number of carbonyl (C=O) groups excluding carboxylic acids is 1. The highest BCUT2D eigenvalue weighted by atomic mass is 31.2. The third kappa shape index (κ3) is 74.2. The largest absolute Gasteiger partial charge is 0.472 e. The number of amides is 1. The Balaban J connectivity index is 3.92. The number of quaternary nitrogens is 1. The molecule has 0 aliphatic rings. The predicted octanol–water partition coefficient (Wildman–Crippen LogP) is 26.2. The fourth-order valence-electron chi connectivity index (χ4n) is 12.7. The molecule has 1 amide bonds. The van der Waals surface area contributed by atoms with E-state index in [1.54, 1.807) is 6.08 Å². The zero-order valence-corrected chi connectivity index (χ0v) is 61.9. The smallest absolute Gasteiger partial charge is 0.387 e. The second-order valence-corrected chi connectivity index (χ2v) is 30.6. The van der Waals surface area contributed by atoms with Gasteiger partial charge >= 0.3 is 7.82 Å². The Kier molecular flexibility index (Phi) is 70.5. The van der Waals surface area contributed by atoms with Crippen molar-refractivity contribution in [3.05, 3.63) is 24.3 Å². The number of aliphatic hydroxyl groups is 1. The van der Waals surface area contributed by atoms with Crippen molar-refractivity contribution in [3.63, 3.8) is 0 Å². The molecule has 0 radical (unpaired) electrons. The van der Waals surface area contributed by atoms with Crippen molar-refractivity contribution >= 4 is 13.7 Å². The fraction of sp³-hybridized carbons (Fsp3) is 0.938. The molecular formula is C80H160N2O6P+. The maximum absolute atomic E-state index is 13.1. The van der Waals surface area contributed by atoms with Crippen molar-refractivity contribution in [2.45, 2.75) is 443 Å². The molecule has 0 aromatic rings. The SMILES string of the molecule is CCCCCCCCCCCCCCCCCCCCCCC/C=C/CC/C=C/C(O)C(COP(=O)(O)OCC[N+](C)(C)C)NC(=O)CCCCCCCCCCCCCCCCCCCCCCCCCCCCCCCCCCCCCCCCCC. The quantitative estimate of drug-likeness (QED) is 0.0243. The standard InChI is InChI=1S/C80H159N2O6P/c1-6-8-10-12-14-16-18-20-22-24-26-28-30-32-34-35-36-37-38-39-40-41-42-43-44-45-46-48-50-52-54-56-58-60-62-64-66-68-70-72-74-80(84)81-78(77-88-89(85,86)87-76-75-82(3,4)5)79(83)73-71-69-67-65-63-61-59-57-55-53-51-49-47-33-31-29-27-25-23-21-19-17-15-13-11-9-7-2/h63,65,71,73,78-79,83H,6-62,64,66-70,72,74-77H2,1-5H3,(H-,81,84,85,86)/p+1/b65-63+,73-71+. The summed E-state index contributed by atoms with van der Waals surface area (Å²) < 4.78 is 23.9. The van der Waals surface area contributed by atoms with Crippen molar-refractivity contribution in [1.82, 2.24) is 5.32 Å². The Morgan fingerprint density at radius 2 is 0.618 bits per heavy atom. The van der Waals surface area contributed by atoms with E-state index in [0.717, 1.165) is 38.5 Å². The number of nitrogens with one attached hydrogen (secondary N) is 1. The molecule has 89 heavy (non-hydrogen) atoms. The summed E-state index contributed by atoms with van der Waals surface area (Å²) in [4.78, 5) is 23.5. The molecule has 0 spiro atoms. The zero-order valence-electron chi connectivity index (χ0n) is 61.0. The van der Waals surface area contributed by atoms with Gasteiger partial charge in [0.15, 0.2) is 0 Å². The van der Waals surface area contributed by atoms with Gasteiger partial charge in [-0.3, -0.25) is 13.8 Å². The van der Waals surface area contributed by atoms with Crippen molar-refractivity contribution < 1.29 is 32.9 Å². The number of unbranched alkanes of at least 4 members (excludes halogenated alkanes) is 61. The lowest BCUT2D eigenvalue weighted by Gasteiger charge is -2.25. The number of allylic oxidation sites excluding steroid dienone is 3. The number of nitrogens with zero attached hydrogens (tertiary/aromatic N) is 1. The number of hydrogen-bond donors (Lipinski definition) is 3. The number of phosphoric ester groups is 1. The summed E-state index contributed by atoms with van der Waals surface area (Å²) in [5, 5.41) is 14.0. The molecule has 0 aliphatic heterocycles. The lowest BCUT2D eigenvalue weighted by atomic mass is 10.0. The van der Waals surface area contributed by atoms with E-state index in [4.69, 9.17) is 9.05 Å². The van der Waals surface area contributed by atoms with Gasteiger partial charge in [0.2, 0.25) is 5.91 Å². The molecule has 0 fully saturated rings. The van der Waals surface area contributed by atoms with Gasteiger partial charge in [-0.15, -0.1) is 0 Å². The van der Waals surface area contributed by atoms with Crippen LogP contribution >= 0.6 is 7.82 Å². The van der Waals surface area contributed by atoms with Gasteiger partial charge < -0.3 is 19.8 Å². The lowest BCUT2D eigenvalue weighted by molar-refractivity contribution is -0.870. The second-order valence-electron chi connectivity index (χ2n) is 29.2. The molecular weight excluding hydrogens is 1120 g/mol. The third-order valence-corrected chi connectivity index (χ3v) is 19.9. The first kappa shape index (κ1) is 88.0. The van der Waals surface area contributed by atoms with Crippen LogP contribution in [0.25, 0.3) is 0 Å². The van der Waals surface area contributed by atoms with Gasteiger partial charge in [-0.05, 0) is 32.1 Å². The molecule has 0 rings (SSSR count). The molecule has 0 bridgehead atoms. The van der Waals surface area contributed by atoms with E-state index in [0.29, 0.717) is 17.4 Å². The molecule has 0 saturated heterocycles. The minimum Gasteiger partial charge on any atom is -0.387 e. The van der Waals surface area contributed by atoms with Gasteiger partial charge in [0.1, 0.15) is 13.2 Å². The molecule has 9 heteroatoms. The molecule has 0 heterocycles. The van der Waals surface area contributed by atoms with Gasteiger partial charge in [0.25, 0.3) is 0 Å². The maximum atomic E-state index is 13.1. The van der Waals surface area contributed by atoms with Crippen LogP contribution in [0.1, 0.15) is 431 Å². The van der Waals surface area contributed by atoms with Crippen LogP contribution in [0.5, 0.6) is 0 Å². The van der Waals surface area contributed by atoms with Crippen LogP contribution in [0.3, 0.4) is 0 Å². The molecule has 3 N–H and O–H groups in total. The monoisotopic (exact) mass is 1280 g/mol. The van der Waals surface area contributed by atoms with Crippen LogP contribution in [-0.2, 0) is 18.4 Å². The second kappa shape index (κ2) is 71.3. The molecule has 0 aliphatic carbocycles. The van der Waals surface area contributed by atoms with Gasteiger partial charge in [-0.1, -0.05) is 417 Å². The van der Waals surface area contributed by atoms with Crippen LogP contribution in [0.4, 0.5) is 0 Å². The number of carbonyl (C=O) groups is 1. The van der Waals surface area contributed by atoms with E-state index < -0.39 is 20.0 Å². The number of rotatable bonds is 76. The third-order valence-electron chi connectivity index (χ3n) is 18.9. The van der Waals surface area contributed by atoms with Crippen molar-refractivity contribution in [2.75, 3.05) is 40.9 Å². The molecule has 0 saturated carbocycles. The highest BCUT2D eigenvalue weighted by Crippen LogP contribution is 2.43. The van der Waals surface area contributed by atoms with Crippen LogP contribution in [0, 0.1) is 0 Å². The highest BCUT2D eigenvalue weighted by molar-refractivity contribution is 7.47. The molecule has 0 aromatic carbocycles. The van der Waals surface area contributed by atoms with Gasteiger partial charge in [0, 0.05) is 6.42 Å². The minimum atomic E-state index is -4.36. The summed E-state index contributed by atoms with van der Waals surface area (Å²) in [6, 6.07) is -0.863. The van der Waals surface area contributed by atoms with Crippen molar-refractivity contribution in [3.8, 4) is 0 Å². The summed E-state index contributed by atoms with van der Waals surface area (Å²) in [5.74, 6) is -0.176. The van der Waals surface area contributed by atoms with E-state index in [1.165, 1.54) is 372 Å². The summed E-state index contributed by atoms with van der Waals surface area (Å²) >= 11 is 0. The fourth-order valence-corrected chi connectivity index (χ4v) is 13.5. The first-order valence-corrected chi connectivity index (χ1v) is 41.7. The Hall–Kier alpha value is -1.02. The Bertz CT molecular complexity index is 1500. The lowest BCUT2D eigenvalue weighted by Crippen LogP contribution is -2.45. The van der Waals surface area contributed by atoms with Crippen molar-refractivity contribution in [1.29, 1.82) is 0 Å². The number of hydrogen-bond acceptors (Lipinski definition) is 5. The topological polar surface area (TPSA) is 105 Å². The number of phosphoric acid groups is 1. The van der Waals surface area contributed by atoms with Crippen LogP contribution < -0.4 is 5.32 Å². The van der Waals surface area contributed by atoms with Gasteiger partial charge in [0.05, 0.1) is 39.9 Å². The average Bonchev–Trinajstić information content (AvgIpc) is 3.65. The van der Waals surface area contributed by atoms with E-state index in [1.807, 2.05) is 27.2 Å². The van der Waals surface area contributed by atoms with Crippen LogP contribution in [-0.4, -0.2) is 73.4 Å². The number of aliphatic hydroxyl groups excluding tert-OH is 1. The van der Waals surface area contributed by atoms with E-state index >= 15 is 0 Å². The van der Waals surface area contributed by atoms with Gasteiger partial charge in [-0.25, -0.2) is 4.57 Å². The van der Waals surface area contributed by atoms with E-state index in [-0.39, 0.29) is 19.1 Å². The summed E-state index contributed by atoms with van der Waals surface area (Å²) in [5.41, 5.74) is 0. The van der Waals surface area contributed by atoms with E-state index in [9.17, 15) is 19.4 Å². The first-order valence-electron chi connectivity index (χ1n) is 40.2. The van der Waals surface area contributed by atoms with Crippen LogP contribution in [0.2, 0.25) is 0 Å². The molecule has 3 unspecified atom stereocenters.